The molecule has 3 heteroatoms. The van der Waals surface area contributed by atoms with Crippen molar-refractivity contribution in [2.24, 2.45) is 0 Å². The molecule has 2 nitrogen and oxygen atoms in total. The smallest absolute Gasteiger partial charge is 0.256 e. The quantitative estimate of drug-likeness (QED) is 0.152. The van der Waals surface area contributed by atoms with E-state index >= 15 is 0 Å². The first-order chi connectivity index (χ1) is 32.9. The van der Waals surface area contributed by atoms with Crippen LogP contribution in [0.4, 0.5) is 0 Å². The van der Waals surface area contributed by atoms with Gasteiger partial charge in [-0.2, -0.15) is 0 Å². The van der Waals surface area contributed by atoms with Crippen molar-refractivity contribution in [1.82, 2.24) is 4.57 Å². The fourth-order valence-electron chi connectivity index (χ4n) is 11.0. The minimum absolute atomic E-state index is 0.134. The fraction of sp³-hybridized carbons (Fsp3) is 0.0625. The van der Waals surface area contributed by atoms with Gasteiger partial charge in [-0.05, 0) is 125 Å². The summed E-state index contributed by atoms with van der Waals surface area (Å²) in [7, 11) is 0. The van der Waals surface area contributed by atoms with Crippen molar-refractivity contribution in [3.8, 4) is 83.9 Å². The van der Waals surface area contributed by atoms with Crippen LogP contribution in [0.1, 0.15) is 26.3 Å². The zero-order valence-electron chi connectivity index (χ0n) is 37.8. The number of rotatable bonds is 6. The first-order valence-corrected chi connectivity index (χ1v) is 23.4. The van der Waals surface area contributed by atoms with Crippen molar-refractivity contribution >= 4 is 44.9 Å². The minimum atomic E-state index is -0.140. The SMILES string of the molecule is CC(C)(C)c1cc2c3c(c1)-n1c4ccc(-c5ccccc5)cc4c4cc(-c5ccccc5)cc(c41)B3c1cc(-c3ccccc3-c3ccccc3)cc(-c3ccccc3-c3ccccc3)c1O2. The summed E-state index contributed by atoms with van der Waals surface area (Å²) in [5, 5.41) is 2.50. The highest BCUT2D eigenvalue weighted by Gasteiger charge is 2.43. The summed E-state index contributed by atoms with van der Waals surface area (Å²) in [6.07, 6.45) is 0. The molecule has 0 aliphatic carbocycles. The zero-order chi connectivity index (χ0) is 44.8. The molecule has 2 aliphatic rings. The van der Waals surface area contributed by atoms with Gasteiger partial charge in [-0.15, -0.1) is 0 Å². The number of nitrogens with zero attached hydrogens (tertiary/aromatic N) is 1. The van der Waals surface area contributed by atoms with Gasteiger partial charge < -0.3 is 9.30 Å². The molecule has 2 aliphatic heterocycles. The van der Waals surface area contributed by atoms with E-state index in [-0.39, 0.29) is 12.1 Å². The Morgan fingerprint density at radius 1 is 0.388 bits per heavy atom. The van der Waals surface area contributed by atoms with E-state index in [1.165, 1.54) is 99.5 Å². The summed E-state index contributed by atoms with van der Waals surface area (Å²) in [6, 6.07) is 82.6. The molecule has 0 radical (unpaired) electrons. The molecule has 3 heterocycles. The van der Waals surface area contributed by atoms with Crippen molar-refractivity contribution in [3.63, 3.8) is 0 Å². The summed E-state index contributed by atoms with van der Waals surface area (Å²) in [6.45, 7) is 6.80. The lowest BCUT2D eigenvalue weighted by Gasteiger charge is -2.36. The number of ether oxygens (including phenoxy) is 1. The average Bonchev–Trinajstić information content (AvgIpc) is 3.71. The summed E-state index contributed by atoms with van der Waals surface area (Å²) in [5.41, 5.74) is 22.5. The van der Waals surface area contributed by atoms with Gasteiger partial charge >= 0.3 is 0 Å². The van der Waals surface area contributed by atoms with Crippen LogP contribution in [0.3, 0.4) is 0 Å². The predicted molar refractivity (Wildman–Crippen MR) is 283 cm³/mol. The molecule has 0 saturated carbocycles. The molecular weight excluding hydrogens is 810 g/mol. The second-order valence-electron chi connectivity index (χ2n) is 19.2. The van der Waals surface area contributed by atoms with Crippen molar-refractivity contribution in [1.29, 1.82) is 0 Å². The lowest BCUT2D eigenvalue weighted by Crippen LogP contribution is -2.58. The van der Waals surface area contributed by atoms with Crippen molar-refractivity contribution in [2.75, 3.05) is 0 Å². The van der Waals surface area contributed by atoms with Crippen LogP contribution < -0.4 is 21.1 Å². The maximum atomic E-state index is 7.62. The standard InChI is InChI=1S/C64H46BNO/c1-64(2,3)48-39-59-61-60(40-48)67-63-55(52-31-19-18-29-50(52)44-26-14-7-15-27-44)36-47(51-30-17-16-28-49(51)43-24-12-6-13-25-43)38-57(63)65(61)56-37-46(42-22-10-5-11-23-42)35-54-53-34-45(41-20-8-4-9-21-41)32-33-58(53)66(59)62(54)56/h4-40H,1-3H3. The van der Waals surface area contributed by atoms with Gasteiger partial charge in [0, 0.05) is 27.5 Å². The molecule has 67 heavy (non-hydrogen) atoms. The zero-order valence-corrected chi connectivity index (χ0v) is 37.8. The maximum Gasteiger partial charge on any atom is 0.256 e. The highest BCUT2D eigenvalue weighted by atomic mass is 16.5. The Hall–Kier alpha value is -8.14. The molecule has 0 saturated heterocycles. The summed E-state index contributed by atoms with van der Waals surface area (Å²) < 4.78 is 10.2. The molecule has 0 fully saturated rings. The van der Waals surface area contributed by atoms with Crippen LogP contribution in [0, 0.1) is 0 Å². The Kier molecular flexibility index (Phi) is 8.92. The Morgan fingerprint density at radius 3 is 1.51 bits per heavy atom. The first kappa shape index (κ1) is 39.2. The van der Waals surface area contributed by atoms with Gasteiger partial charge in [0.05, 0.1) is 5.52 Å². The van der Waals surface area contributed by atoms with Gasteiger partial charge in [-0.1, -0.05) is 209 Å². The van der Waals surface area contributed by atoms with Crippen LogP contribution in [0.15, 0.2) is 224 Å². The van der Waals surface area contributed by atoms with E-state index in [0.717, 1.165) is 28.2 Å². The number of benzene rings is 10. The van der Waals surface area contributed by atoms with Crippen LogP contribution in [0.2, 0.25) is 0 Å². The van der Waals surface area contributed by atoms with E-state index in [1.807, 2.05) is 0 Å². The molecule has 0 amide bonds. The molecular formula is C64H46BNO. The molecule has 13 rings (SSSR count). The molecule has 0 bridgehead atoms. The Balaban J connectivity index is 1.18. The topological polar surface area (TPSA) is 14.2 Å². The lowest BCUT2D eigenvalue weighted by atomic mass is 9.34. The first-order valence-electron chi connectivity index (χ1n) is 23.4. The highest BCUT2D eigenvalue weighted by molar-refractivity contribution is 6.99. The van der Waals surface area contributed by atoms with E-state index in [0.29, 0.717) is 0 Å². The molecule has 316 valence electrons. The molecule has 11 aromatic rings. The molecule has 0 spiro atoms. The molecule has 0 N–H and O–H groups in total. The second kappa shape index (κ2) is 15.2. The van der Waals surface area contributed by atoms with E-state index in [2.05, 4.69) is 250 Å². The largest absolute Gasteiger partial charge is 0.458 e. The van der Waals surface area contributed by atoms with Crippen LogP contribution in [0.25, 0.3) is 94.3 Å². The third kappa shape index (κ3) is 6.33. The van der Waals surface area contributed by atoms with Crippen LogP contribution >= 0.6 is 0 Å². The number of fused-ring (bicyclic) bond motifs is 7. The third-order valence-electron chi connectivity index (χ3n) is 14.2. The van der Waals surface area contributed by atoms with Gasteiger partial charge in [0.25, 0.3) is 6.71 Å². The normalized spacial score (nSPS) is 12.5. The van der Waals surface area contributed by atoms with Crippen LogP contribution in [0.5, 0.6) is 11.5 Å². The summed E-state index contributed by atoms with van der Waals surface area (Å²) >= 11 is 0. The van der Waals surface area contributed by atoms with E-state index < -0.39 is 0 Å². The third-order valence-corrected chi connectivity index (χ3v) is 14.2. The van der Waals surface area contributed by atoms with Gasteiger partial charge in [-0.25, -0.2) is 0 Å². The molecule has 0 unspecified atom stereocenters. The predicted octanol–water partition coefficient (Wildman–Crippen LogP) is 15.0. The van der Waals surface area contributed by atoms with E-state index in [4.69, 9.17) is 4.74 Å². The van der Waals surface area contributed by atoms with Gasteiger partial charge in [0.2, 0.25) is 0 Å². The van der Waals surface area contributed by atoms with Gasteiger partial charge in [-0.3, -0.25) is 0 Å². The van der Waals surface area contributed by atoms with Gasteiger partial charge in [0.15, 0.2) is 0 Å². The number of hydrogen-bond acceptors (Lipinski definition) is 1. The number of aromatic nitrogens is 1. The van der Waals surface area contributed by atoms with E-state index in [1.54, 1.807) is 0 Å². The monoisotopic (exact) mass is 855 g/mol. The van der Waals surface area contributed by atoms with E-state index in [9.17, 15) is 0 Å². The van der Waals surface area contributed by atoms with Crippen molar-refractivity contribution < 1.29 is 4.74 Å². The van der Waals surface area contributed by atoms with Crippen molar-refractivity contribution in [2.45, 2.75) is 26.2 Å². The molecule has 0 atom stereocenters. The van der Waals surface area contributed by atoms with Crippen molar-refractivity contribution in [3.05, 3.63) is 230 Å². The number of hydrogen-bond donors (Lipinski definition) is 0. The Morgan fingerprint density at radius 2 is 0.896 bits per heavy atom. The second-order valence-corrected chi connectivity index (χ2v) is 19.2. The average molecular weight is 856 g/mol. The van der Waals surface area contributed by atoms with Crippen LogP contribution in [-0.2, 0) is 5.41 Å². The maximum absolute atomic E-state index is 7.62. The molecule has 1 aromatic heterocycles. The lowest BCUT2D eigenvalue weighted by molar-refractivity contribution is 0.484. The summed E-state index contributed by atoms with van der Waals surface area (Å²) in [5.74, 6) is 1.83. The van der Waals surface area contributed by atoms with Gasteiger partial charge in [0.1, 0.15) is 11.5 Å². The van der Waals surface area contributed by atoms with Crippen LogP contribution in [-0.4, -0.2) is 11.3 Å². The Labute approximate surface area is 392 Å². The fourth-order valence-corrected chi connectivity index (χ4v) is 11.0. The molecule has 10 aromatic carbocycles. The Bertz CT molecular complexity index is 3730. The highest BCUT2D eigenvalue weighted by Crippen LogP contribution is 2.47. The summed E-state index contributed by atoms with van der Waals surface area (Å²) in [4.78, 5) is 0. The minimum Gasteiger partial charge on any atom is -0.458 e.